The third-order valence-corrected chi connectivity index (χ3v) is 8.74. The average Bonchev–Trinajstić information content (AvgIpc) is 2.34. The molecule has 0 radical (unpaired) electrons. The van der Waals surface area contributed by atoms with Crippen LogP contribution in [0.4, 0.5) is 0 Å². The monoisotopic (exact) mass is 300 g/mol. The first-order chi connectivity index (χ1) is 7.79. The Morgan fingerprint density at radius 1 is 1.12 bits per heavy atom. The van der Waals surface area contributed by atoms with E-state index in [1.165, 1.54) is 19.3 Å². The predicted octanol–water partition coefficient (Wildman–Crippen LogP) is 3.98. The van der Waals surface area contributed by atoms with E-state index in [4.69, 9.17) is 0 Å². The summed E-state index contributed by atoms with van der Waals surface area (Å²) >= 11 is 3.96. The highest BCUT2D eigenvalue weighted by Gasteiger charge is 2.76. The van der Waals surface area contributed by atoms with Gasteiger partial charge in [0.25, 0.3) is 0 Å². The second kappa shape index (κ2) is 3.30. The van der Waals surface area contributed by atoms with Gasteiger partial charge in [0.1, 0.15) is 0 Å². The van der Waals surface area contributed by atoms with Crippen LogP contribution in [0.2, 0.25) is 0 Å². The number of hydrogen-bond donors (Lipinski definition) is 1. The Labute approximate surface area is 113 Å². The van der Waals surface area contributed by atoms with Crippen LogP contribution in [-0.2, 0) is 0 Å². The Morgan fingerprint density at radius 2 is 1.76 bits per heavy atom. The van der Waals surface area contributed by atoms with Gasteiger partial charge >= 0.3 is 0 Å². The molecule has 17 heavy (non-hydrogen) atoms. The maximum absolute atomic E-state index is 10.4. The Bertz CT molecular complexity index is 357. The maximum Gasteiger partial charge on any atom is 0.0574 e. The average molecular weight is 301 g/mol. The Hall–Kier alpha value is 0.440. The molecule has 7 atom stereocenters. The van der Waals surface area contributed by atoms with E-state index in [0.717, 1.165) is 6.42 Å². The number of aliphatic hydroxyl groups is 1. The normalized spacial score (nSPS) is 66.0. The van der Waals surface area contributed by atoms with Gasteiger partial charge in [-0.2, -0.15) is 0 Å². The van der Waals surface area contributed by atoms with Crippen LogP contribution in [-0.4, -0.2) is 16.0 Å². The van der Waals surface area contributed by atoms with Crippen molar-refractivity contribution in [2.45, 2.75) is 64.3 Å². The van der Waals surface area contributed by atoms with Crippen molar-refractivity contribution in [2.75, 3.05) is 0 Å². The molecule has 0 unspecified atom stereocenters. The zero-order valence-electron chi connectivity index (χ0n) is 11.5. The van der Waals surface area contributed by atoms with Gasteiger partial charge in [-0.3, -0.25) is 0 Å². The van der Waals surface area contributed by atoms with Crippen molar-refractivity contribution < 1.29 is 5.11 Å². The van der Waals surface area contributed by atoms with Crippen molar-refractivity contribution in [1.82, 2.24) is 0 Å². The van der Waals surface area contributed by atoms with Gasteiger partial charge in [-0.1, -0.05) is 43.6 Å². The third-order valence-electron chi connectivity index (χ3n) is 7.41. The molecule has 0 bridgehead atoms. The van der Waals surface area contributed by atoms with Crippen LogP contribution in [0, 0.1) is 28.1 Å². The lowest BCUT2D eigenvalue weighted by Crippen LogP contribution is -2.64. The molecule has 1 N–H and O–H groups in total. The fourth-order valence-electron chi connectivity index (χ4n) is 6.01. The molecule has 3 aliphatic carbocycles. The van der Waals surface area contributed by atoms with Crippen molar-refractivity contribution in [1.29, 1.82) is 0 Å². The molecule has 0 aliphatic heterocycles. The smallest absolute Gasteiger partial charge is 0.0574 e. The Morgan fingerprint density at radius 3 is 2.29 bits per heavy atom. The van der Waals surface area contributed by atoms with E-state index < -0.39 is 0 Å². The molecule has 1 nitrogen and oxygen atoms in total. The van der Waals surface area contributed by atoms with Crippen molar-refractivity contribution in [3.8, 4) is 0 Å². The summed E-state index contributed by atoms with van der Waals surface area (Å²) in [6.45, 7) is 9.62. The zero-order chi connectivity index (χ0) is 12.6. The fourth-order valence-corrected chi connectivity index (χ4v) is 7.32. The van der Waals surface area contributed by atoms with Crippen molar-refractivity contribution in [2.24, 2.45) is 28.1 Å². The van der Waals surface area contributed by atoms with Gasteiger partial charge in [0.05, 0.1) is 6.10 Å². The SMILES string of the molecule is C[C@H]1[C@@H](O)C[C@H](C)[C@@]2(C)C[C@H](Br)[C@]3(C)CC[C@@]132. The van der Waals surface area contributed by atoms with E-state index in [0.29, 0.717) is 32.9 Å². The third kappa shape index (κ3) is 1.08. The second-order valence-corrected chi connectivity index (χ2v) is 8.58. The van der Waals surface area contributed by atoms with Crippen LogP contribution in [0.25, 0.3) is 0 Å². The van der Waals surface area contributed by atoms with Crippen molar-refractivity contribution >= 4 is 15.9 Å². The van der Waals surface area contributed by atoms with Gasteiger partial charge in [0, 0.05) is 4.83 Å². The first-order valence-electron chi connectivity index (χ1n) is 7.12. The number of aliphatic hydroxyl groups excluding tert-OH is 1. The molecule has 1 spiro atoms. The summed E-state index contributed by atoms with van der Waals surface area (Å²) in [5.41, 5.74) is 1.22. The molecule has 0 aromatic rings. The minimum Gasteiger partial charge on any atom is -0.393 e. The fraction of sp³-hybridized carbons (Fsp3) is 1.00. The minimum atomic E-state index is -0.0875. The molecule has 3 rings (SSSR count). The molecule has 3 fully saturated rings. The molecular weight excluding hydrogens is 276 g/mol. The predicted molar refractivity (Wildman–Crippen MR) is 74.2 cm³/mol. The Kier molecular flexibility index (Phi) is 2.42. The highest BCUT2D eigenvalue weighted by molar-refractivity contribution is 9.09. The standard InChI is InChI=1S/C15H25BrO/c1-9-7-11(17)10(2)15-6-5-13(15,3)12(16)8-14(9,15)4/h9-12,17H,5-8H2,1-4H3/t9-,10-,11-,12-,13-,14+,15+/m0/s1. The van der Waals surface area contributed by atoms with Crippen molar-refractivity contribution in [3.63, 3.8) is 0 Å². The number of hydrogen-bond acceptors (Lipinski definition) is 1. The number of rotatable bonds is 0. The second-order valence-electron chi connectivity index (χ2n) is 7.47. The lowest BCUT2D eigenvalue weighted by atomic mass is 9.36. The van der Waals surface area contributed by atoms with Crippen LogP contribution in [0.1, 0.15) is 53.4 Å². The summed E-state index contributed by atoms with van der Waals surface area (Å²) in [5.74, 6) is 1.11. The first kappa shape index (κ1) is 12.5. The summed E-state index contributed by atoms with van der Waals surface area (Å²) in [6, 6.07) is 0. The summed E-state index contributed by atoms with van der Waals surface area (Å²) < 4.78 is 0. The maximum atomic E-state index is 10.4. The molecule has 0 aromatic carbocycles. The van der Waals surface area contributed by atoms with E-state index in [9.17, 15) is 5.11 Å². The topological polar surface area (TPSA) is 20.2 Å². The number of halogens is 1. The molecule has 3 saturated carbocycles. The highest BCUT2D eigenvalue weighted by Crippen LogP contribution is 2.81. The van der Waals surface area contributed by atoms with E-state index in [1.807, 2.05) is 0 Å². The van der Waals surface area contributed by atoms with Crippen LogP contribution in [0.15, 0.2) is 0 Å². The van der Waals surface area contributed by atoms with Crippen molar-refractivity contribution in [3.05, 3.63) is 0 Å². The molecule has 0 heterocycles. The quantitative estimate of drug-likeness (QED) is 0.671. The lowest BCUT2D eigenvalue weighted by molar-refractivity contribution is -0.220. The summed E-state index contributed by atoms with van der Waals surface area (Å²) in [5, 5.41) is 10.4. The minimum absolute atomic E-state index is 0.0875. The molecule has 0 amide bonds. The van der Waals surface area contributed by atoms with Crippen LogP contribution in [0.3, 0.4) is 0 Å². The van der Waals surface area contributed by atoms with Gasteiger partial charge in [-0.25, -0.2) is 0 Å². The van der Waals surface area contributed by atoms with Gasteiger partial charge < -0.3 is 5.11 Å². The van der Waals surface area contributed by atoms with E-state index in [2.05, 4.69) is 43.6 Å². The molecular formula is C15H25BrO. The van der Waals surface area contributed by atoms with Gasteiger partial charge in [-0.05, 0) is 53.8 Å². The molecule has 0 saturated heterocycles. The largest absolute Gasteiger partial charge is 0.393 e. The van der Waals surface area contributed by atoms with E-state index >= 15 is 0 Å². The molecule has 98 valence electrons. The zero-order valence-corrected chi connectivity index (χ0v) is 13.0. The lowest BCUT2D eigenvalue weighted by Gasteiger charge is -2.68. The van der Waals surface area contributed by atoms with E-state index in [1.54, 1.807) is 0 Å². The van der Waals surface area contributed by atoms with E-state index in [-0.39, 0.29) is 6.10 Å². The van der Waals surface area contributed by atoms with Gasteiger partial charge in [0.15, 0.2) is 0 Å². The number of alkyl halides is 1. The molecule has 0 aromatic heterocycles. The van der Waals surface area contributed by atoms with Gasteiger partial charge in [0.2, 0.25) is 0 Å². The van der Waals surface area contributed by atoms with Crippen LogP contribution < -0.4 is 0 Å². The Balaban J connectivity index is 2.14. The summed E-state index contributed by atoms with van der Waals surface area (Å²) in [4.78, 5) is 0.643. The first-order valence-corrected chi connectivity index (χ1v) is 8.03. The van der Waals surface area contributed by atoms with Gasteiger partial charge in [-0.15, -0.1) is 0 Å². The summed E-state index contributed by atoms with van der Waals surface area (Å²) in [7, 11) is 0. The molecule has 3 aliphatic rings. The van der Waals surface area contributed by atoms with Crippen LogP contribution in [0.5, 0.6) is 0 Å². The summed E-state index contributed by atoms with van der Waals surface area (Å²) in [6.07, 6.45) is 4.86. The van der Waals surface area contributed by atoms with Crippen LogP contribution >= 0.6 is 15.9 Å². The highest BCUT2D eigenvalue weighted by atomic mass is 79.9. The molecule has 2 heteroatoms.